The van der Waals surface area contributed by atoms with Gasteiger partial charge in [0.2, 0.25) is 0 Å². The molecule has 138 valence electrons. The Kier molecular flexibility index (Phi) is 3.87. The highest BCUT2D eigenvalue weighted by Gasteiger charge is 2.16. The van der Waals surface area contributed by atoms with Crippen molar-refractivity contribution >= 4 is 22.1 Å². The Morgan fingerprint density at radius 2 is 2.07 bits per heavy atom. The quantitative estimate of drug-likeness (QED) is 0.498. The van der Waals surface area contributed by atoms with Crippen molar-refractivity contribution in [1.29, 1.82) is 0 Å². The number of methoxy groups -OCH3 is 1. The summed E-state index contributed by atoms with van der Waals surface area (Å²) in [5.41, 5.74) is 7.54. The lowest BCUT2D eigenvalue weighted by Gasteiger charge is -2.04. The Morgan fingerprint density at radius 3 is 2.93 bits per heavy atom. The molecular formula is C21H18N6O. The van der Waals surface area contributed by atoms with Gasteiger partial charge in [-0.15, -0.1) is 0 Å². The normalized spacial score (nSPS) is 11.5. The van der Waals surface area contributed by atoms with Crippen LogP contribution in [0.3, 0.4) is 0 Å². The first-order chi connectivity index (χ1) is 13.7. The van der Waals surface area contributed by atoms with Gasteiger partial charge in [-0.2, -0.15) is 5.10 Å². The van der Waals surface area contributed by atoms with Crippen molar-refractivity contribution in [3.8, 4) is 22.6 Å². The molecule has 0 aliphatic rings. The van der Waals surface area contributed by atoms with E-state index in [0.29, 0.717) is 12.4 Å². The molecule has 4 aromatic heterocycles. The molecule has 0 amide bonds. The van der Waals surface area contributed by atoms with Crippen molar-refractivity contribution in [2.24, 2.45) is 0 Å². The third-order valence-electron chi connectivity index (χ3n) is 4.89. The van der Waals surface area contributed by atoms with Gasteiger partial charge in [0.1, 0.15) is 5.69 Å². The molecule has 0 spiro atoms. The van der Waals surface area contributed by atoms with E-state index in [-0.39, 0.29) is 0 Å². The second-order valence-corrected chi connectivity index (χ2v) is 6.71. The number of rotatable bonds is 4. The first kappa shape index (κ1) is 16.6. The van der Waals surface area contributed by atoms with Gasteiger partial charge < -0.3 is 9.72 Å². The number of benzene rings is 1. The SMILES string of the molecule is COCc1cccc2[nH]c(-c3n[nH]c4ncc(-c5cnccc5C)cc34)nc12. The number of ether oxygens (including phenoxy) is 1. The van der Waals surface area contributed by atoms with Crippen molar-refractivity contribution in [1.82, 2.24) is 30.1 Å². The molecule has 0 radical (unpaired) electrons. The van der Waals surface area contributed by atoms with Crippen molar-refractivity contribution in [2.75, 3.05) is 7.11 Å². The summed E-state index contributed by atoms with van der Waals surface area (Å²) in [6.45, 7) is 2.57. The lowest BCUT2D eigenvalue weighted by Crippen LogP contribution is -1.89. The van der Waals surface area contributed by atoms with Crippen LogP contribution in [-0.2, 0) is 11.3 Å². The van der Waals surface area contributed by atoms with Crippen LogP contribution in [0.1, 0.15) is 11.1 Å². The third-order valence-corrected chi connectivity index (χ3v) is 4.89. The van der Waals surface area contributed by atoms with Crippen LogP contribution in [-0.4, -0.2) is 37.2 Å². The number of aromatic amines is 2. The Morgan fingerprint density at radius 1 is 1.14 bits per heavy atom. The molecule has 28 heavy (non-hydrogen) atoms. The van der Waals surface area contributed by atoms with Crippen LogP contribution in [0, 0.1) is 6.92 Å². The predicted octanol–water partition coefficient (Wildman–Crippen LogP) is 4.02. The molecule has 4 heterocycles. The molecule has 5 aromatic rings. The van der Waals surface area contributed by atoms with Gasteiger partial charge in [0.05, 0.1) is 23.0 Å². The molecular weight excluding hydrogens is 352 g/mol. The van der Waals surface area contributed by atoms with Gasteiger partial charge in [0.25, 0.3) is 0 Å². The molecule has 0 aliphatic heterocycles. The molecule has 2 N–H and O–H groups in total. The summed E-state index contributed by atoms with van der Waals surface area (Å²) in [5, 5.41) is 8.38. The Balaban J connectivity index is 1.67. The van der Waals surface area contributed by atoms with Crippen LogP contribution in [0.5, 0.6) is 0 Å². The molecule has 0 saturated heterocycles. The van der Waals surface area contributed by atoms with E-state index >= 15 is 0 Å². The summed E-state index contributed by atoms with van der Waals surface area (Å²) < 4.78 is 5.29. The van der Waals surface area contributed by atoms with E-state index in [4.69, 9.17) is 9.72 Å². The summed E-state index contributed by atoms with van der Waals surface area (Å²) >= 11 is 0. The van der Waals surface area contributed by atoms with E-state index in [1.807, 2.05) is 36.7 Å². The topological polar surface area (TPSA) is 92.4 Å². The number of pyridine rings is 2. The first-order valence-electron chi connectivity index (χ1n) is 8.96. The molecule has 0 saturated carbocycles. The number of para-hydroxylation sites is 1. The standard InChI is InChI=1S/C21H18N6O/c1-12-6-7-22-10-16(12)14-8-15-19(26-27-20(15)23-9-14)21-24-17-5-3-4-13(11-28-2)18(17)25-21/h3-10H,11H2,1-2H3,(H,24,25)(H,23,26,27). The van der Waals surface area contributed by atoms with Crippen LogP contribution >= 0.6 is 0 Å². The number of hydrogen-bond donors (Lipinski definition) is 2. The van der Waals surface area contributed by atoms with E-state index in [0.717, 1.165) is 50.0 Å². The number of nitrogens with zero attached hydrogens (tertiary/aromatic N) is 4. The van der Waals surface area contributed by atoms with E-state index < -0.39 is 0 Å². The number of imidazole rings is 1. The second-order valence-electron chi connectivity index (χ2n) is 6.71. The number of nitrogens with one attached hydrogen (secondary N) is 2. The van der Waals surface area contributed by atoms with Crippen molar-refractivity contribution in [3.63, 3.8) is 0 Å². The Bertz CT molecular complexity index is 1300. The van der Waals surface area contributed by atoms with Gasteiger partial charge in [-0.3, -0.25) is 10.1 Å². The number of aryl methyl sites for hydroxylation is 1. The summed E-state index contributed by atoms with van der Waals surface area (Å²) in [6.07, 6.45) is 5.49. The van der Waals surface area contributed by atoms with Gasteiger partial charge >= 0.3 is 0 Å². The van der Waals surface area contributed by atoms with E-state index in [2.05, 4.69) is 38.1 Å². The minimum absolute atomic E-state index is 0.509. The first-order valence-corrected chi connectivity index (χ1v) is 8.96. The number of hydrogen-bond acceptors (Lipinski definition) is 5. The average Bonchev–Trinajstić information content (AvgIpc) is 3.32. The van der Waals surface area contributed by atoms with Crippen LogP contribution < -0.4 is 0 Å². The highest BCUT2D eigenvalue weighted by molar-refractivity contribution is 5.94. The van der Waals surface area contributed by atoms with E-state index in [1.54, 1.807) is 13.3 Å². The molecule has 7 heteroatoms. The summed E-state index contributed by atoms with van der Waals surface area (Å²) in [5.74, 6) is 0.701. The number of aromatic nitrogens is 6. The monoisotopic (exact) mass is 370 g/mol. The van der Waals surface area contributed by atoms with Gasteiger partial charge in [-0.05, 0) is 30.7 Å². The minimum atomic E-state index is 0.509. The molecule has 0 bridgehead atoms. The zero-order valence-electron chi connectivity index (χ0n) is 15.5. The maximum absolute atomic E-state index is 5.29. The lowest BCUT2D eigenvalue weighted by molar-refractivity contribution is 0.186. The van der Waals surface area contributed by atoms with Crippen LogP contribution in [0.25, 0.3) is 44.7 Å². The third kappa shape index (κ3) is 2.64. The molecule has 7 nitrogen and oxygen atoms in total. The molecule has 0 aliphatic carbocycles. The van der Waals surface area contributed by atoms with Crippen molar-refractivity contribution < 1.29 is 4.74 Å². The minimum Gasteiger partial charge on any atom is -0.380 e. The maximum atomic E-state index is 5.29. The summed E-state index contributed by atoms with van der Waals surface area (Å²) in [6, 6.07) is 10.1. The zero-order valence-corrected chi connectivity index (χ0v) is 15.5. The molecule has 0 unspecified atom stereocenters. The second kappa shape index (κ2) is 6.54. The maximum Gasteiger partial charge on any atom is 0.159 e. The molecule has 5 rings (SSSR count). The largest absolute Gasteiger partial charge is 0.380 e. The smallest absolute Gasteiger partial charge is 0.159 e. The van der Waals surface area contributed by atoms with Gasteiger partial charge in [0, 0.05) is 42.4 Å². The van der Waals surface area contributed by atoms with Crippen LogP contribution in [0.2, 0.25) is 0 Å². The molecule has 0 fully saturated rings. The zero-order chi connectivity index (χ0) is 19.1. The fraction of sp³-hybridized carbons (Fsp3) is 0.143. The van der Waals surface area contributed by atoms with Gasteiger partial charge in [-0.25, -0.2) is 9.97 Å². The van der Waals surface area contributed by atoms with Crippen molar-refractivity contribution in [2.45, 2.75) is 13.5 Å². The van der Waals surface area contributed by atoms with Crippen LogP contribution in [0.4, 0.5) is 0 Å². The molecule has 1 aromatic carbocycles. The fourth-order valence-corrected chi connectivity index (χ4v) is 3.47. The van der Waals surface area contributed by atoms with E-state index in [1.165, 1.54) is 0 Å². The fourth-order valence-electron chi connectivity index (χ4n) is 3.47. The molecule has 0 atom stereocenters. The Hall–Kier alpha value is -3.58. The Labute approximate surface area is 160 Å². The van der Waals surface area contributed by atoms with Gasteiger partial charge in [-0.1, -0.05) is 12.1 Å². The highest BCUT2D eigenvalue weighted by Crippen LogP contribution is 2.30. The summed E-state index contributed by atoms with van der Waals surface area (Å²) in [7, 11) is 1.68. The average molecular weight is 370 g/mol. The van der Waals surface area contributed by atoms with E-state index in [9.17, 15) is 0 Å². The lowest BCUT2D eigenvalue weighted by atomic mass is 10.0. The predicted molar refractivity (Wildman–Crippen MR) is 108 cm³/mol. The number of fused-ring (bicyclic) bond motifs is 2. The van der Waals surface area contributed by atoms with Gasteiger partial charge in [0.15, 0.2) is 11.5 Å². The van der Waals surface area contributed by atoms with Crippen molar-refractivity contribution in [3.05, 3.63) is 60.0 Å². The number of H-pyrrole nitrogens is 2. The summed E-state index contributed by atoms with van der Waals surface area (Å²) in [4.78, 5) is 16.9. The van der Waals surface area contributed by atoms with Crippen LogP contribution in [0.15, 0.2) is 48.9 Å². The highest BCUT2D eigenvalue weighted by atomic mass is 16.5.